The predicted molar refractivity (Wildman–Crippen MR) is 84.5 cm³/mol. The number of rotatable bonds is 4. The van der Waals surface area contributed by atoms with E-state index in [1.54, 1.807) is 4.90 Å². The number of likely N-dealkylation sites (tertiary alicyclic amines) is 1. The van der Waals surface area contributed by atoms with Crippen molar-refractivity contribution in [1.82, 2.24) is 15.5 Å². The van der Waals surface area contributed by atoms with Crippen LogP contribution in [-0.2, 0) is 19.1 Å². The smallest absolute Gasteiger partial charge is 0.246 e. The van der Waals surface area contributed by atoms with Crippen molar-refractivity contribution >= 4 is 17.7 Å². The Balaban J connectivity index is 1.77. The van der Waals surface area contributed by atoms with Gasteiger partial charge in [0.15, 0.2) is 0 Å². The van der Waals surface area contributed by atoms with E-state index in [2.05, 4.69) is 10.6 Å². The van der Waals surface area contributed by atoms with Crippen LogP contribution in [0.5, 0.6) is 0 Å². The predicted octanol–water partition coefficient (Wildman–Crippen LogP) is 0.0432. The number of hydrogen-bond acceptors (Lipinski definition) is 4. The molecule has 2 aliphatic heterocycles. The Labute approximate surface area is 137 Å². The number of amides is 3. The van der Waals surface area contributed by atoms with Crippen LogP contribution in [0.2, 0.25) is 0 Å². The normalized spacial score (nSPS) is 25.6. The summed E-state index contributed by atoms with van der Waals surface area (Å²) in [6, 6.07) is -0.177. The molecule has 0 aromatic rings. The van der Waals surface area contributed by atoms with Crippen LogP contribution in [0.3, 0.4) is 0 Å². The minimum absolute atomic E-state index is 0.0162. The maximum atomic E-state index is 12.1. The van der Waals surface area contributed by atoms with Gasteiger partial charge in [-0.1, -0.05) is 20.8 Å². The summed E-state index contributed by atoms with van der Waals surface area (Å²) in [6.45, 7) is 8.74. The molecule has 2 N–H and O–H groups in total. The summed E-state index contributed by atoms with van der Waals surface area (Å²) in [7, 11) is 0. The van der Waals surface area contributed by atoms with E-state index in [0.29, 0.717) is 25.9 Å². The molecule has 0 unspecified atom stereocenters. The first-order chi connectivity index (χ1) is 10.7. The van der Waals surface area contributed by atoms with E-state index >= 15 is 0 Å². The van der Waals surface area contributed by atoms with E-state index in [4.69, 9.17) is 4.74 Å². The van der Waals surface area contributed by atoms with Crippen molar-refractivity contribution in [3.8, 4) is 0 Å². The third-order valence-electron chi connectivity index (χ3n) is 4.42. The lowest BCUT2D eigenvalue weighted by Crippen LogP contribution is -2.61. The highest BCUT2D eigenvalue weighted by Crippen LogP contribution is 2.26. The highest BCUT2D eigenvalue weighted by molar-refractivity contribution is 5.80. The van der Waals surface area contributed by atoms with Gasteiger partial charge in [0.05, 0.1) is 18.2 Å². The first-order valence-electron chi connectivity index (χ1n) is 8.12. The van der Waals surface area contributed by atoms with Crippen molar-refractivity contribution < 1.29 is 19.1 Å². The van der Waals surface area contributed by atoms with Crippen molar-refractivity contribution in [2.24, 2.45) is 5.41 Å². The molecule has 0 spiro atoms. The molecular formula is C16H27N3O4. The van der Waals surface area contributed by atoms with Gasteiger partial charge in [-0.25, -0.2) is 0 Å². The Bertz CT molecular complexity index is 480. The summed E-state index contributed by atoms with van der Waals surface area (Å²) < 4.78 is 5.51. The van der Waals surface area contributed by atoms with Gasteiger partial charge in [0.25, 0.3) is 0 Å². The average molecular weight is 325 g/mol. The van der Waals surface area contributed by atoms with Crippen molar-refractivity contribution in [1.29, 1.82) is 0 Å². The molecule has 7 nitrogen and oxygen atoms in total. The minimum atomic E-state index is -0.179. The molecule has 0 aliphatic carbocycles. The number of nitrogens with zero attached hydrogens (tertiary/aromatic N) is 1. The molecule has 130 valence electrons. The molecule has 2 heterocycles. The number of hydrogen-bond donors (Lipinski definition) is 2. The van der Waals surface area contributed by atoms with Gasteiger partial charge in [0, 0.05) is 26.4 Å². The van der Waals surface area contributed by atoms with Gasteiger partial charge in [-0.05, 0) is 11.8 Å². The lowest BCUT2D eigenvalue weighted by Gasteiger charge is -2.41. The molecule has 3 amide bonds. The van der Waals surface area contributed by atoms with Gasteiger partial charge < -0.3 is 20.3 Å². The number of ether oxygens (including phenoxy) is 1. The lowest BCUT2D eigenvalue weighted by atomic mass is 9.79. The van der Waals surface area contributed by atoms with E-state index in [1.807, 2.05) is 20.8 Å². The molecule has 2 atom stereocenters. The fraction of sp³-hybridized carbons (Fsp3) is 0.812. The molecular weight excluding hydrogens is 298 g/mol. The van der Waals surface area contributed by atoms with E-state index in [0.717, 1.165) is 0 Å². The summed E-state index contributed by atoms with van der Waals surface area (Å²) in [6.07, 6.45) is 1.00. The number of carbonyl (C=O) groups excluding carboxylic acids is 3. The molecule has 0 radical (unpaired) electrons. The maximum absolute atomic E-state index is 12.1. The molecule has 2 fully saturated rings. The Morgan fingerprint density at radius 3 is 2.57 bits per heavy atom. The second-order valence-electron chi connectivity index (χ2n) is 7.48. The van der Waals surface area contributed by atoms with Gasteiger partial charge in [-0.3, -0.25) is 14.4 Å². The third-order valence-corrected chi connectivity index (χ3v) is 4.42. The fourth-order valence-electron chi connectivity index (χ4n) is 3.02. The average Bonchev–Trinajstić information content (AvgIpc) is 2.37. The number of carbonyl (C=O) groups is 3. The zero-order valence-corrected chi connectivity index (χ0v) is 14.3. The number of nitrogens with one attached hydrogen (secondary N) is 2. The van der Waals surface area contributed by atoms with Crippen LogP contribution >= 0.6 is 0 Å². The molecule has 2 saturated heterocycles. The topological polar surface area (TPSA) is 87.7 Å². The Morgan fingerprint density at radius 1 is 1.35 bits per heavy atom. The molecule has 0 bridgehead atoms. The second kappa shape index (κ2) is 6.86. The largest absolute Gasteiger partial charge is 0.365 e. The van der Waals surface area contributed by atoms with Crippen LogP contribution in [0.25, 0.3) is 0 Å². The van der Waals surface area contributed by atoms with Crippen LogP contribution in [-0.4, -0.2) is 60.5 Å². The van der Waals surface area contributed by atoms with Gasteiger partial charge in [-0.15, -0.1) is 0 Å². The second-order valence-corrected chi connectivity index (χ2v) is 7.48. The van der Waals surface area contributed by atoms with Crippen LogP contribution in [0, 0.1) is 5.41 Å². The molecule has 0 aromatic carbocycles. The molecule has 23 heavy (non-hydrogen) atoms. The SMILES string of the molecule is CC(=O)N1CC(OCC(=O)N[C@@H]2CCC(=O)N[C@H]2C(C)(C)C)C1. The molecule has 0 aromatic heterocycles. The quantitative estimate of drug-likeness (QED) is 0.764. The summed E-state index contributed by atoms with van der Waals surface area (Å²) in [4.78, 5) is 36.5. The van der Waals surface area contributed by atoms with Crippen LogP contribution in [0.1, 0.15) is 40.5 Å². The van der Waals surface area contributed by atoms with Crippen molar-refractivity contribution in [3.63, 3.8) is 0 Å². The molecule has 0 saturated carbocycles. The number of piperidine rings is 1. The highest BCUT2D eigenvalue weighted by Gasteiger charge is 2.37. The zero-order chi connectivity index (χ0) is 17.2. The van der Waals surface area contributed by atoms with Gasteiger partial charge in [0.1, 0.15) is 6.61 Å². The maximum Gasteiger partial charge on any atom is 0.246 e. The lowest BCUT2D eigenvalue weighted by molar-refractivity contribution is -0.146. The summed E-state index contributed by atoms with van der Waals surface area (Å²) in [5.74, 6) is -0.118. The summed E-state index contributed by atoms with van der Waals surface area (Å²) in [5.41, 5.74) is -0.134. The molecule has 7 heteroatoms. The Morgan fingerprint density at radius 2 is 2.00 bits per heavy atom. The Hall–Kier alpha value is -1.63. The van der Waals surface area contributed by atoms with E-state index in [1.165, 1.54) is 6.92 Å². The first-order valence-corrected chi connectivity index (χ1v) is 8.12. The highest BCUT2D eigenvalue weighted by atomic mass is 16.5. The van der Waals surface area contributed by atoms with Crippen LogP contribution < -0.4 is 10.6 Å². The Kier molecular flexibility index (Phi) is 5.29. The van der Waals surface area contributed by atoms with Gasteiger partial charge >= 0.3 is 0 Å². The monoisotopic (exact) mass is 325 g/mol. The van der Waals surface area contributed by atoms with Crippen molar-refractivity contribution in [3.05, 3.63) is 0 Å². The van der Waals surface area contributed by atoms with E-state index in [-0.39, 0.29) is 47.9 Å². The standard InChI is InChI=1S/C16H27N3O4/c1-10(20)19-7-11(8-19)23-9-14(22)17-12-5-6-13(21)18-15(12)16(2,3)4/h11-12,15H,5-9H2,1-4H3,(H,17,22)(H,18,21)/t12-,15-/m1/s1. The van der Waals surface area contributed by atoms with Crippen LogP contribution in [0.4, 0.5) is 0 Å². The van der Waals surface area contributed by atoms with Crippen molar-refractivity contribution in [2.45, 2.75) is 58.7 Å². The van der Waals surface area contributed by atoms with Gasteiger partial charge in [0.2, 0.25) is 17.7 Å². The zero-order valence-electron chi connectivity index (χ0n) is 14.3. The minimum Gasteiger partial charge on any atom is -0.365 e. The van der Waals surface area contributed by atoms with E-state index < -0.39 is 0 Å². The van der Waals surface area contributed by atoms with Crippen LogP contribution in [0.15, 0.2) is 0 Å². The third kappa shape index (κ3) is 4.67. The molecule has 2 rings (SSSR count). The molecule has 2 aliphatic rings. The van der Waals surface area contributed by atoms with Crippen molar-refractivity contribution in [2.75, 3.05) is 19.7 Å². The first kappa shape index (κ1) is 17.7. The summed E-state index contributed by atoms with van der Waals surface area (Å²) in [5, 5.41) is 5.95. The fourth-order valence-corrected chi connectivity index (χ4v) is 3.02. The van der Waals surface area contributed by atoms with E-state index in [9.17, 15) is 14.4 Å². The summed E-state index contributed by atoms with van der Waals surface area (Å²) >= 11 is 0. The van der Waals surface area contributed by atoms with Gasteiger partial charge in [-0.2, -0.15) is 0 Å².